The Bertz CT molecular complexity index is 2400. The lowest BCUT2D eigenvalue weighted by atomic mass is 9.70. The van der Waals surface area contributed by atoms with Crippen LogP contribution in [0, 0.1) is 5.92 Å². The number of hydrogen-bond donors (Lipinski definition) is 7. The van der Waals surface area contributed by atoms with Gasteiger partial charge in [0.05, 0.1) is 31.3 Å². The van der Waals surface area contributed by atoms with E-state index in [1.807, 2.05) is 48.8 Å². The number of H-pyrrole nitrogens is 1. The number of methoxy groups -OCH3 is 1. The first-order valence-electron chi connectivity index (χ1n) is 21.4. The Morgan fingerprint density at radius 3 is 2.39 bits per heavy atom. The molecule has 1 saturated carbocycles. The number of hydrogen-bond acceptors (Lipinski definition) is 9. The van der Waals surface area contributed by atoms with E-state index in [2.05, 4.69) is 34.6 Å². The van der Waals surface area contributed by atoms with Crippen LogP contribution < -0.4 is 14.8 Å². The fourth-order valence-electron chi connectivity index (χ4n) is 9.20. The molecule has 1 aliphatic carbocycles. The molecule has 7 rings (SSSR count). The van der Waals surface area contributed by atoms with Gasteiger partial charge in [0.15, 0.2) is 23.0 Å². The van der Waals surface area contributed by atoms with Crippen LogP contribution in [0.5, 0.6) is 28.7 Å². The van der Waals surface area contributed by atoms with E-state index in [0.29, 0.717) is 48.4 Å². The summed E-state index contributed by atoms with van der Waals surface area (Å²) < 4.78 is 12.1. The van der Waals surface area contributed by atoms with Crippen LogP contribution in [0.25, 0.3) is 10.8 Å². The van der Waals surface area contributed by atoms with Gasteiger partial charge in [-0.3, -0.25) is 4.79 Å². The number of benzene rings is 5. The maximum absolute atomic E-state index is 15.1. The zero-order chi connectivity index (χ0) is 42.9. The molecule has 0 spiro atoms. The van der Waals surface area contributed by atoms with Gasteiger partial charge >= 0.3 is 0 Å². The van der Waals surface area contributed by atoms with Crippen molar-refractivity contribution in [1.82, 2.24) is 10.3 Å². The predicted molar refractivity (Wildman–Crippen MR) is 238 cm³/mol. The predicted octanol–water partition coefficient (Wildman–Crippen LogP) is 8.21. The van der Waals surface area contributed by atoms with Gasteiger partial charge in [0.2, 0.25) is 0 Å². The molecule has 10 heteroatoms. The average molecular weight is 827 g/mol. The van der Waals surface area contributed by atoms with Gasteiger partial charge in [-0.2, -0.15) is 0 Å². The highest BCUT2D eigenvalue weighted by molar-refractivity contribution is 5.91. The first-order chi connectivity index (χ1) is 29.6. The lowest BCUT2D eigenvalue weighted by Gasteiger charge is -2.34. The Balaban J connectivity index is 1.24. The van der Waals surface area contributed by atoms with E-state index in [1.54, 1.807) is 37.4 Å². The summed E-state index contributed by atoms with van der Waals surface area (Å²) in [7, 11) is 3.32. The summed E-state index contributed by atoms with van der Waals surface area (Å²) >= 11 is 0. The van der Waals surface area contributed by atoms with E-state index in [4.69, 9.17) is 9.47 Å². The molecule has 7 N–H and O–H groups in total. The third-order valence-corrected chi connectivity index (χ3v) is 12.5. The molecule has 1 heterocycles. The van der Waals surface area contributed by atoms with Gasteiger partial charge in [-0.15, -0.1) is 0 Å². The lowest BCUT2D eigenvalue weighted by Crippen LogP contribution is -2.44. The van der Waals surface area contributed by atoms with Crippen LogP contribution in [0.15, 0.2) is 109 Å². The van der Waals surface area contributed by atoms with Gasteiger partial charge in [-0.05, 0) is 138 Å². The van der Waals surface area contributed by atoms with E-state index in [9.17, 15) is 25.5 Å². The quantitative estimate of drug-likeness (QED) is 0.0427. The number of aromatic amines is 1. The number of aliphatic hydroxyl groups is 2. The Kier molecular flexibility index (Phi) is 14.0. The van der Waals surface area contributed by atoms with Crippen molar-refractivity contribution >= 4 is 16.6 Å². The molecule has 3 atom stereocenters. The highest BCUT2D eigenvalue weighted by Gasteiger charge is 2.42. The number of carbonyl (C=O) groups is 1. The minimum atomic E-state index is -1.58. The normalized spacial score (nSPS) is 15.3. The molecule has 0 aliphatic heterocycles. The van der Waals surface area contributed by atoms with Crippen molar-refractivity contribution in [1.29, 1.82) is 0 Å². The SMILES string of the molecule is CNCc1cc(O)cc(C(CO)(Cc2ccc(O)c(OC3CCCCC3)c2)C(=O)CC(O)C(Cc2cc[nH]c2)Cc2ccc(O)c(OC)c2Cc2cccc3ccccc23)c1. The molecular weight excluding hydrogens is 769 g/mol. The van der Waals surface area contributed by atoms with Crippen molar-refractivity contribution in [2.24, 2.45) is 5.92 Å². The van der Waals surface area contributed by atoms with Gasteiger partial charge < -0.3 is 45.3 Å². The fraction of sp³-hybridized carbons (Fsp3) is 0.353. The number of fused-ring (bicyclic) bond motifs is 1. The number of carbonyl (C=O) groups excluding carboxylic acids is 1. The average Bonchev–Trinajstić information content (AvgIpc) is 3.78. The minimum absolute atomic E-state index is 0.00221. The molecular formula is C51H58N2O8. The molecule has 3 unspecified atom stereocenters. The lowest BCUT2D eigenvalue weighted by molar-refractivity contribution is -0.129. The van der Waals surface area contributed by atoms with Crippen LogP contribution in [0.4, 0.5) is 0 Å². The van der Waals surface area contributed by atoms with E-state index in [-0.39, 0.29) is 36.2 Å². The molecule has 1 fully saturated rings. The highest BCUT2D eigenvalue weighted by Crippen LogP contribution is 2.40. The fourth-order valence-corrected chi connectivity index (χ4v) is 9.20. The van der Waals surface area contributed by atoms with Crippen molar-refractivity contribution in [2.45, 2.75) is 88.4 Å². The van der Waals surface area contributed by atoms with E-state index in [1.165, 1.54) is 13.2 Å². The smallest absolute Gasteiger partial charge is 0.164 e. The molecule has 1 aromatic heterocycles. The summed E-state index contributed by atoms with van der Waals surface area (Å²) in [6, 6.07) is 29.7. The van der Waals surface area contributed by atoms with Crippen molar-refractivity contribution in [3.8, 4) is 28.7 Å². The van der Waals surface area contributed by atoms with E-state index < -0.39 is 29.8 Å². The van der Waals surface area contributed by atoms with Crippen molar-refractivity contribution in [3.05, 3.63) is 148 Å². The van der Waals surface area contributed by atoms with Crippen LogP contribution in [0.2, 0.25) is 0 Å². The van der Waals surface area contributed by atoms with Crippen LogP contribution in [-0.4, -0.2) is 69.3 Å². The second kappa shape index (κ2) is 19.7. The third kappa shape index (κ3) is 10.0. The van der Waals surface area contributed by atoms with Gasteiger partial charge in [0.1, 0.15) is 11.5 Å². The first kappa shape index (κ1) is 43.3. The summed E-state index contributed by atoms with van der Waals surface area (Å²) in [4.78, 5) is 18.3. The van der Waals surface area contributed by atoms with Crippen molar-refractivity contribution in [3.63, 3.8) is 0 Å². The standard InChI is InChI=1S/C51H58N2O8/c1-52-30-35-22-40(27-41(55)23-35)51(32-54,29-33-15-17-45(56)48(24-33)61-42-12-4-3-5-13-42)49(59)28-47(58)39(21-34-19-20-53-31-34)25-38-16-18-46(57)50(60-2)44(38)26-37-11-8-10-36-9-6-7-14-43(36)37/h6-11,14-20,22-24,27,31,39,42,47,52-58H,3-5,12-13,21,25-26,28-30,32H2,1-2H3. The Morgan fingerprint density at radius 2 is 1.64 bits per heavy atom. The molecule has 61 heavy (non-hydrogen) atoms. The Labute approximate surface area is 357 Å². The largest absolute Gasteiger partial charge is 0.508 e. The van der Waals surface area contributed by atoms with Crippen LogP contribution in [0.3, 0.4) is 0 Å². The van der Waals surface area contributed by atoms with Crippen LogP contribution in [0.1, 0.15) is 77.5 Å². The molecule has 320 valence electrons. The second-order valence-electron chi connectivity index (χ2n) is 16.7. The summed E-state index contributed by atoms with van der Waals surface area (Å²) in [6.45, 7) is -0.193. The number of nitrogens with one attached hydrogen (secondary N) is 2. The molecule has 6 aromatic rings. The highest BCUT2D eigenvalue weighted by atomic mass is 16.5. The van der Waals surface area contributed by atoms with Gasteiger partial charge in [-0.25, -0.2) is 0 Å². The number of phenolic OH excluding ortho intramolecular Hbond substituents is 3. The maximum atomic E-state index is 15.1. The molecule has 0 amide bonds. The number of aromatic nitrogens is 1. The van der Waals surface area contributed by atoms with Crippen molar-refractivity contribution < 1.29 is 39.8 Å². The number of ketones is 1. The zero-order valence-electron chi connectivity index (χ0n) is 35.1. The topological polar surface area (TPSA) is 164 Å². The number of Topliss-reactive ketones (excluding diaryl/α,β-unsaturated/α-hetero) is 1. The number of aliphatic hydroxyl groups excluding tert-OH is 2. The van der Waals surface area contributed by atoms with E-state index >= 15 is 4.79 Å². The summed E-state index contributed by atoms with van der Waals surface area (Å²) in [6.07, 6.45) is 8.51. The summed E-state index contributed by atoms with van der Waals surface area (Å²) in [5, 5.41) is 61.9. The maximum Gasteiger partial charge on any atom is 0.164 e. The summed E-state index contributed by atoms with van der Waals surface area (Å²) in [5.41, 5.74) is 3.87. The van der Waals surface area contributed by atoms with E-state index in [0.717, 1.165) is 70.7 Å². The van der Waals surface area contributed by atoms with Gasteiger partial charge in [-0.1, -0.05) is 67.1 Å². The molecule has 5 aromatic carbocycles. The Hall–Kier alpha value is -5.81. The molecule has 0 saturated heterocycles. The molecule has 0 bridgehead atoms. The number of ether oxygens (including phenoxy) is 2. The minimum Gasteiger partial charge on any atom is -0.508 e. The first-order valence-corrected chi connectivity index (χ1v) is 21.4. The number of aromatic hydroxyl groups is 3. The molecule has 1 aliphatic rings. The Morgan fingerprint density at radius 1 is 0.852 bits per heavy atom. The zero-order valence-corrected chi connectivity index (χ0v) is 35.1. The third-order valence-electron chi connectivity index (χ3n) is 12.5. The molecule has 10 nitrogen and oxygen atoms in total. The van der Waals surface area contributed by atoms with Crippen LogP contribution >= 0.6 is 0 Å². The second-order valence-corrected chi connectivity index (χ2v) is 16.7. The van der Waals surface area contributed by atoms with Gasteiger partial charge in [0, 0.05) is 37.3 Å². The van der Waals surface area contributed by atoms with Crippen molar-refractivity contribution in [2.75, 3.05) is 20.8 Å². The number of phenols is 3. The molecule has 0 radical (unpaired) electrons. The monoisotopic (exact) mass is 826 g/mol. The number of rotatable bonds is 19. The summed E-state index contributed by atoms with van der Waals surface area (Å²) in [5.74, 6) is -0.237. The van der Waals surface area contributed by atoms with Crippen LogP contribution in [-0.2, 0) is 42.4 Å². The van der Waals surface area contributed by atoms with Gasteiger partial charge in [0.25, 0.3) is 0 Å².